The van der Waals surface area contributed by atoms with E-state index in [-0.39, 0.29) is 5.91 Å². The number of likely N-dealkylation sites (tertiary alicyclic amines) is 1. The van der Waals surface area contributed by atoms with Crippen LogP contribution in [0.5, 0.6) is 0 Å². The lowest BCUT2D eigenvalue weighted by atomic mass is 9.84. The quantitative estimate of drug-likeness (QED) is 0.410. The van der Waals surface area contributed by atoms with Crippen molar-refractivity contribution in [3.8, 4) is 0 Å². The van der Waals surface area contributed by atoms with Crippen molar-refractivity contribution in [2.45, 2.75) is 25.5 Å². The molecule has 4 heteroatoms. The van der Waals surface area contributed by atoms with Gasteiger partial charge in [-0.2, -0.15) is 0 Å². The largest absolute Gasteiger partial charge is 0.356 e. The molecule has 2 aliphatic rings. The van der Waals surface area contributed by atoms with Crippen molar-refractivity contribution in [1.82, 2.24) is 9.80 Å². The van der Waals surface area contributed by atoms with Crippen LogP contribution >= 0.6 is 0 Å². The van der Waals surface area contributed by atoms with E-state index in [2.05, 4.69) is 42.2 Å². The molecule has 1 saturated heterocycles. The van der Waals surface area contributed by atoms with Crippen LogP contribution in [0.4, 0.5) is 0 Å². The number of likely N-dealkylation sites (N-methyl/N-ethyl adjacent to an activating group) is 1. The Bertz CT molecular complexity index is 1050. The molecular weight excluding hydrogens is 432 g/mol. The number of hydrogen-bond acceptors (Lipinski definition) is 3. The highest BCUT2D eigenvalue weighted by atomic mass is 16.5. The molecule has 0 aromatic heterocycles. The summed E-state index contributed by atoms with van der Waals surface area (Å²) in [6.45, 7) is 6.66. The molecule has 1 heterocycles. The maximum Gasteiger partial charge on any atom is 0.263 e. The molecule has 2 fully saturated rings. The monoisotopic (exact) mass is 468 g/mol. The smallest absolute Gasteiger partial charge is 0.263 e. The van der Waals surface area contributed by atoms with Crippen molar-refractivity contribution in [1.29, 1.82) is 0 Å². The molecule has 0 N–H and O–H groups in total. The molecule has 5 rings (SSSR count). The number of piperidine rings is 1. The zero-order valence-corrected chi connectivity index (χ0v) is 20.8. The summed E-state index contributed by atoms with van der Waals surface area (Å²) in [5, 5.41) is 0. The molecule has 1 saturated carbocycles. The predicted molar refractivity (Wildman–Crippen MR) is 140 cm³/mol. The first kappa shape index (κ1) is 23.8. The molecule has 0 spiro atoms. The minimum Gasteiger partial charge on any atom is -0.356 e. The van der Waals surface area contributed by atoms with Crippen LogP contribution in [0.15, 0.2) is 91.0 Å². The highest BCUT2D eigenvalue weighted by molar-refractivity contribution is 5.90. The SMILES string of the molecule is CCCOC(C(=O)N(C)CC1C2CN(Cc3ccccc3)CC21)(c1ccccc1)c1ccccc1. The van der Waals surface area contributed by atoms with Gasteiger partial charge in [0.2, 0.25) is 0 Å². The van der Waals surface area contributed by atoms with Crippen molar-refractivity contribution in [2.75, 3.05) is 33.3 Å². The first-order valence-corrected chi connectivity index (χ1v) is 12.9. The van der Waals surface area contributed by atoms with Gasteiger partial charge in [0.1, 0.15) is 0 Å². The number of nitrogens with zero attached hydrogens (tertiary/aromatic N) is 2. The molecule has 35 heavy (non-hydrogen) atoms. The van der Waals surface area contributed by atoms with Gasteiger partial charge in [0.15, 0.2) is 5.60 Å². The second-order valence-electron chi connectivity index (χ2n) is 10.1. The van der Waals surface area contributed by atoms with Crippen molar-refractivity contribution < 1.29 is 9.53 Å². The molecular formula is C31H36N2O2. The first-order chi connectivity index (χ1) is 17.1. The molecule has 3 aromatic rings. The van der Waals surface area contributed by atoms with Gasteiger partial charge in [-0.05, 0) is 40.9 Å². The number of benzene rings is 3. The molecule has 0 radical (unpaired) electrons. The third kappa shape index (κ3) is 4.78. The van der Waals surface area contributed by atoms with Gasteiger partial charge in [-0.1, -0.05) is 97.9 Å². The van der Waals surface area contributed by atoms with Gasteiger partial charge < -0.3 is 9.64 Å². The molecule has 3 aromatic carbocycles. The predicted octanol–water partition coefficient (Wildman–Crippen LogP) is 5.19. The second kappa shape index (κ2) is 10.3. The first-order valence-electron chi connectivity index (χ1n) is 12.9. The highest BCUT2D eigenvalue weighted by Crippen LogP contribution is 2.52. The summed E-state index contributed by atoms with van der Waals surface area (Å²) in [7, 11) is 1.95. The number of amides is 1. The van der Waals surface area contributed by atoms with E-state index in [1.54, 1.807) is 0 Å². The van der Waals surface area contributed by atoms with Crippen LogP contribution in [-0.2, 0) is 21.7 Å². The zero-order valence-electron chi connectivity index (χ0n) is 20.8. The number of carbonyl (C=O) groups excluding carboxylic acids is 1. The van der Waals surface area contributed by atoms with Crippen molar-refractivity contribution in [3.05, 3.63) is 108 Å². The number of hydrogen-bond donors (Lipinski definition) is 0. The van der Waals surface area contributed by atoms with Gasteiger partial charge in [0, 0.05) is 39.8 Å². The fourth-order valence-electron chi connectivity index (χ4n) is 5.89. The van der Waals surface area contributed by atoms with Gasteiger partial charge in [-0.25, -0.2) is 0 Å². The van der Waals surface area contributed by atoms with E-state index >= 15 is 0 Å². The van der Waals surface area contributed by atoms with Crippen molar-refractivity contribution >= 4 is 5.91 Å². The molecule has 2 atom stereocenters. The second-order valence-corrected chi connectivity index (χ2v) is 10.1. The Morgan fingerprint density at radius 1 is 0.886 bits per heavy atom. The Labute approximate surface area is 209 Å². The van der Waals surface area contributed by atoms with Gasteiger partial charge >= 0.3 is 0 Å². The van der Waals surface area contributed by atoms with E-state index in [0.29, 0.717) is 24.4 Å². The normalized spacial score (nSPS) is 21.5. The van der Waals surface area contributed by atoms with E-state index in [9.17, 15) is 4.79 Å². The van der Waals surface area contributed by atoms with E-state index in [1.807, 2.05) is 72.6 Å². The lowest BCUT2D eigenvalue weighted by Gasteiger charge is -2.37. The number of carbonyl (C=O) groups is 1. The minimum absolute atomic E-state index is 0.0227. The van der Waals surface area contributed by atoms with Crippen LogP contribution < -0.4 is 0 Å². The van der Waals surface area contributed by atoms with Gasteiger partial charge in [0.25, 0.3) is 5.91 Å². The summed E-state index contributed by atoms with van der Waals surface area (Å²) >= 11 is 0. The summed E-state index contributed by atoms with van der Waals surface area (Å²) in [5.74, 6) is 1.97. The maximum absolute atomic E-state index is 14.3. The van der Waals surface area contributed by atoms with Crippen LogP contribution in [0, 0.1) is 17.8 Å². The minimum atomic E-state index is -1.13. The van der Waals surface area contributed by atoms with Crippen molar-refractivity contribution in [3.63, 3.8) is 0 Å². The van der Waals surface area contributed by atoms with Crippen LogP contribution in [0.2, 0.25) is 0 Å². The Balaban J connectivity index is 1.31. The van der Waals surface area contributed by atoms with E-state index in [1.165, 1.54) is 5.56 Å². The van der Waals surface area contributed by atoms with Gasteiger partial charge in [-0.15, -0.1) is 0 Å². The van der Waals surface area contributed by atoms with Crippen LogP contribution in [-0.4, -0.2) is 49.0 Å². The molecule has 4 nitrogen and oxygen atoms in total. The fourth-order valence-corrected chi connectivity index (χ4v) is 5.89. The van der Waals surface area contributed by atoms with Crippen LogP contribution in [0.1, 0.15) is 30.0 Å². The summed E-state index contributed by atoms with van der Waals surface area (Å²) in [4.78, 5) is 18.7. The molecule has 1 aliphatic carbocycles. The van der Waals surface area contributed by atoms with Crippen LogP contribution in [0.25, 0.3) is 0 Å². The Morgan fingerprint density at radius 3 is 1.91 bits per heavy atom. The summed E-state index contributed by atoms with van der Waals surface area (Å²) in [6.07, 6.45) is 0.850. The fraction of sp³-hybridized carbons (Fsp3) is 0.387. The number of rotatable bonds is 10. The molecule has 0 bridgehead atoms. The standard InChI is InChI=1S/C31H36N2O2/c1-3-19-35-31(25-15-9-5-10-16-25,26-17-11-6-12-18-26)30(34)32(2)21-27-28-22-33(23-29(27)28)20-24-13-7-4-8-14-24/h4-18,27-29H,3,19-23H2,1-2H3. The lowest BCUT2D eigenvalue weighted by molar-refractivity contribution is -0.153. The molecule has 1 amide bonds. The third-order valence-electron chi connectivity index (χ3n) is 7.71. The molecule has 2 unspecified atom stereocenters. The Morgan fingerprint density at radius 2 is 1.40 bits per heavy atom. The molecule has 1 aliphatic heterocycles. The number of fused-ring (bicyclic) bond motifs is 1. The van der Waals surface area contributed by atoms with Gasteiger partial charge in [0.05, 0.1) is 0 Å². The van der Waals surface area contributed by atoms with Crippen LogP contribution in [0.3, 0.4) is 0 Å². The zero-order chi connectivity index (χ0) is 24.3. The lowest BCUT2D eigenvalue weighted by Crippen LogP contribution is -2.49. The van der Waals surface area contributed by atoms with E-state index < -0.39 is 5.60 Å². The Kier molecular flexibility index (Phi) is 7.03. The summed E-state index contributed by atoms with van der Waals surface area (Å²) < 4.78 is 6.51. The van der Waals surface area contributed by atoms with Crippen molar-refractivity contribution in [2.24, 2.45) is 17.8 Å². The van der Waals surface area contributed by atoms with E-state index in [0.717, 1.165) is 43.7 Å². The maximum atomic E-state index is 14.3. The average molecular weight is 469 g/mol. The van der Waals surface area contributed by atoms with E-state index in [4.69, 9.17) is 4.74 Å². The summed E-state index contributed by atoms with van der Waals surface area (Å²) in [5.41, 5.74) is 2.03. The average Bonchev–Trinajstić information content (AvgIpc) is 3.34. The van der Waals surface area contributed by atoms with Gasteiger partial charge in [-0.3, -0.25) is 9.69 Å². The Hall–Kier alpha value is -2.95. The summed E-state index contributed by atoms with van der Waals surface area (Å²) in [6, 6.07) is 30.7. The topological polar surface area (TPSA) is 32.8 Å². The highest BCUT2D eigenvalue weighted by Gasteiger charge is 2.56. The number of ether oxygens (including phenoxy) is 1. The molecule has 182 valence electrons. The third-order valence-corrected chi connectivity index (χ3v) is 7.71.